The molecule has 2 heterocycles. The van der Waals surface area contributed by atoms with Crippen LogP contribution in [-0.4, -0.2) is 0 Å². The first-order chi connectivity index (χ1) is 28.0. The van der Waals surface area contributed by atoms with Crippen LogP contribution in [0.2, 0.25) is 0 Å². The largest absolute Gasteiger partial charge is 0.416 e. The molecule has 0 amide bonds. The molecule has 0 saturated carbocycles. The van der Waals surface area contributed by atoms with Gasteiger partial charge in [-0.2, -0.15) is 26.3 Å². The molecule has 0 saturated heterocycles. The summed E-state index contributed by atoms with van der Waals surface area (Å²) in [6.45, 7) is 0. The molecule has 8 aromatic carbocycles. The van der Waals surface area contributed by atoms with Crippen molar-refractivity contribution in [1.82, 2.24) is 0 Å². The van der Waals surface area contributed by atoms with Crippen molar-refractivity contribution in [3.05, 3.63) is 181 Å². The van der Waals surface area contributed by atoms with Gasteiger partial charge in [0, 0.05) is 74.5 Å². The molecule has 0 aliphatic carbocycles. The predicted molar refractivity (Wildman–Crippen MR) is 229 cm³/mol. The predicted octanol–water partition coefficient (Wildman–Crippen LogP) is 16.6. The molecular weight excluding hydrogens is 783 g/mol. The SMILES string of the molecule is FC(F)(F)c1ccc(N(c2ccccc2)c2ccc3c(c2)sc2cc4cc5sc6cc(N(c7ccccc7)c7ccc(C(F)(F)F)cc7)ccc6c5cc4cc23)cc1. The van der Waals surface area contributed by atoms with Crippen LogP contribution in [0.3, 0.4) is 0 Å². The highest BCUT2D eigenvalue weighted by molar-refractivity contribution is 7.26. The highest BCUT2D eigenvalue weighted by atomic mass is 32.1. The Morgan fingerprint density at radius 2 is 0.638 bits per heavy atom. The van der Waals surface area contributed by atoms with Crippen molar-refractivity contribution in [3.8, 4) is 0 Å². The molecule has 0 aliphatic rings. The molecule has 10 heteroatoms. The molecule has 0 aliphatic heterocycles. The normalized spacial score (nSPS) is 12.3. The van der Waals surface area contributed by atoms with Gasteiger partial charge in [-0.3, -0.25) is 0 Å². The molecule has 0 fully saturated rings. The third-order valence-electron chi connectivity index (χ3n) is 10.4. The number of anilines is 6. The molecule has 2 nitrogen and oxygen atoms in total. The first-order valence-corrected chi connectivity index (χ1v) is 19.9. The molecule has 58 heavy (non-hydrogen) atoms. The molecular formula is C48H28F6N2S2. The number of hydrogen-bond acceptors (Lipinski definition) is 4. The first kappa shape index (κ1) is 36.0. The van der Waals surface area contributed by atoms with E-state index in [-0.39, 0.29) is 0 Å². The van der Waals surface area contributed by atoms with Gasteiger partial charge in [0.05, 0.1) is 11.1 Å². The Balaban J connectivity index is 1.04. The number of rotatable bonds is 6. The number of alkyl halides is 6. The number of benzene rings is 8. The van der Waals surface area contributed by atoms with Crippen LogP contribution in [0.25, 0.3) is 51.1 Å². The monoisotopic (exact) mass is 810 g/mol. The van der Waals surface area contributed by atoms with Crippen LogP contribution in [0.1, 0.15) is 11.1 Å². The molecule has 0 atom stereocenters. The van der Waals surface area contributed by atoms with Crippen molar-refractivity contribution in [1.29, 1.82) is 0 Å². The second-order valence-electron chi connectivity index (χ2n) is 14.0. The van der Waals surface area contributed by atoms with Crippen LogP contribution >= 0.6 is 22.7 Å². The van der Waals surface area contributed by atoms with Gasteiger partial charge in [0.1, 0.15) is 0 Å². The highest BCUT2D eigenvalue weighted by Gasteiger charge is 2.31. The van der Waals surface area contributed by atoms with E-state index >= 15 is 0 Å². The number of halogens is 6. The summed E-state index contributed by atoms with van der Waals surface area (Å²) in [7, 11) is 0. The van der Waals surface area contributed by atoms with E-state index in [0.717, 1.165) is 98.1 Å². The molecule has 0 bridgehead atoms. The molecule has 0 unspecified atom stereocenters. The summed E-state index contributed by atoms with van der Waals surface area (Å²) in [4.78, 5) is 3.93. The van der Waals surface area contributed by atoms with Crippen molar-refractivity contribution in [3.63, 3.8) is 0 Å². The summed E-state index contributed by atoms with van der Waals surface area (Å²) < 4.78 is 84.9. The van der Waals surface area contributed by atoms with Crippen molar-refractivity contribution in [2.75, 3.05) is 9.80 Å². The summed E-state index contributed by atoms with van der Waals surface area (Å²) in [5.74, 6) is 0. The quantitative estimate of drug-likeness (QED) is 0.154. The number of nitrogens with zero attached hydrogens (tertiary/aromatic N) is 2. The Labute approximate surface area is 336 Å². The third kappa shape index (κ3) is 6.38. The van der Waals surface area contributed by atoms with Crippen LogP contribution in [0, 0.1) is 0 Å². The maximum Gasteiger partial charge on any atom is 0.416 e. The lowest BCUT2D eigenvalue weighted by molar-refractivity contribution is -0.138. The maximum atomic E-state index is 13.4. The number of fused-ring (bicyclic) bond motifs is 7. The minimum absolute atomic E-state index is 0.622. The summed E-state index contributed by atoms with van der Waals surface area (Å²) >= 11 is 3.36. The van der Waals surface area contributed by atoms with Gasteiger partial charge < -0.3 is 9.80 Å². The Hall–Kier alpha value is -6.36. The van der Waals surface area contributed by atoms with Crippen LogP contribution in [0.5, 0.6) is 0 Å². The second-order valence-corrected chi connectivity index (χ2v) is 16.2. The Morgan fingerprint density at radius 3 is 1.02 bits per heavy atom. The smallest absolute Gasteiger partial charge is 0.310 e. The second kappa shape index (κ2) is 13.6. The fourth-order valence-corrected chi connectivity index (χ4v) is 10.0. The average molecular weight is 811 g/mol. The average Bonchev–Trinajstić information content (AvgIpc) is 3.76. The fraction of sp³-hybridized carbons (Fsp3) is 0.0417. The molecule has 0 radical (unpaired) electrons. The van der Waals surface area contributed by atoms with Crippen molar-refractivity contribution < 1.29 is 26.3 Å². The lowest BCUT2D eigenvalue weighted by Gasteiger charge is -2.25. The van der Waals surface area contributed by atoms with E-state index in [0.29, 0.717) is 11.4 Å². The third-order valence-corrected chi connectivity index (χ3v) is 12.7. The molecule has 10 rings (SSSR count). The summed E-state index contributed by atoms with van der Waals surface area (Å²) in [5.41, 5.74) is 3.20. The van der Waals surface area contributed by atoms with Gasteiger partial charge in [0.2, 0.25) is 0 Å². The van der Waals surface area contributed by atoms with E-state index < -0.39 is 23.5 Å². The molecule has 284 valence electrons. The summed E-state index contributed by atoms with van der Waals surface area (Å²) in [6, 6.07) is 51.0. The van der Waals surface area contributed by atoms with Gasteiger partial charge in [0.25, 0.3) is 0 Å². The Morgan fingerprint density at radius 1 is 0.310 bits per heavy atom. The van der Waals surface area contributed by atoms with Crippen LogP contribution in [-0.2, 0) is 12.4 Å². The van der Waals surface area contributed by atoms with E-state index in [2.05, 4.69) is 48.5 Å². The van der Waals surface area contributed by atoms with Crippen molar-refractivity contribution >= 4 is 108 Å². The lowest BCUT2D eigenvalue weighted by Crippen LogP contribution is -2.11. The van der Waals surface area contributed by atoms with E-state index in [1.54, 1.807) is 22.7 Å². The zero-order chi connectivity index (χ0) is 39.8. The number of para-hydroxylation sites is 2. The minimum Gasteiger partial charge on any atom is -0.310 e. The van der Waals surface area contributed by atoms with Crippen molar-refractivity contribution in [2.45, 2.75) is 12.4 Å². The first-order valence-electron chi connectivity index (χ1n) is 18.3. The van der Waals surface area contributed by atoms with Crippen LogP contribution < -0.4 is 9.80 Å². The van der Waals surface area contributed by atoms with Gasteiger partial charge in [-0.25, -0.2) is 0 Å². The zero-order valence-electron chi connectivity index (χ0n) is 30.1. The Bertz CT molecular complexity index is 2920. The molecule has 0 spiro atoms. The molecule has 2 aromatic heterocycles. The topological polar surface area (TPSA) is 6.48 Å². The van der Waals surface area contributed by atoms with E-state index in [9.17, 15) is 26.3 Å². The van der Waals surface area contributed by atoms with Crippen LogP contribution in [0.15, 0.2) is 170 Å². The van der Waals surface area contributed by atoms with Crippen molar-refractivity contribution in [2.24, 2.45) is 0 Å². The standard InChI is InChI=1S/C48H28F6N2S2/c49-47(50,51)31-11-15-35(16-12-31)55(33-7-3-1-4-8-33)37-19-21-39-41-23-29-24-42-40-22-20-38(28-46(40)58-44(42)26-30(29)25-43(41)57-45(39)27-37)56(34-9-5-2-6-10-34)36-17-13-32(14-18-36)48(52,53)54/h1-28H. The minimum atomic E-state index is -4.42. The summed E-state index contributed by atoms with van der Waals surface area (Å²) in [5, 5.41) is 6.63. The van der Waals surface area contributed by atoms with Gasteiger partial charge in [-0.05, 0) is 132 Å². The van der Waals surface area contributed by atoms with Gasteiger partial charge in [-0.15, -0.1) is 22.7 Å². The Kier molecular flexibility index (Phi) is 8.47. The number of hydrogen-bond donors (Lipinski definition) is 0. The van der Waals surface area contributed by atoms with Gasteiger partial charge >= 0.3 is 12.4 Å². The van der Waals surface area contributed by atoms with Gasteiger partial charge in [0.15, 0.2) is 0 Å². The van der Waals surface area contributed by atoms with E-state index in [4.69, 9.17) is 0 Å². The lowest BCUT2D eigenvalue weighted by atomic mass is 10.0. The van der Waals surface area contributed by atoms with E-state index in [1.165, 1.54) is 24.3 Å². The summed E-state index contributed by atoms with van der Waals surface area (Å²) in [6.07, 6.45) is -8.85. The van der Waals surface area contributed by atoms with Gasteiger partial charge in [-0.1, -0.05) is 48.5 Å². The van der Waals surface area contributed by atoms with Crippen LogP contribution in [0.4, 0.5) is 60.5 Å². The molecule has 10 aromatic rings. The highest BCUT2D eigenvalue weighted by Crippen LogP contribution is 2.45. The fourth-order valence-electron chi connectivity index (χ4n) is 7.70. The maximum absolute atomic E-state index is 13.4. The molecule has 0 N–H and O–H groups in total. The zero-order valence-corrected chi connectivity index (χ0v) is 31.8. The number of thiophene rings is 2. The van der Waals surface area contributed by atoms with E-state index in [1.807, 2.05) is 82.6 Å².